The summed E-state index contributed by atoms with van der Waals surface area (Å²) < 4.78 is 21.8. The zero-order valence-electron chi connectivity index (χ0n) is 20.6. The molecule has 0 spiro atoms. The minimum atomic E-state index is -0.643. The largest absolute Gasteiger partial charge is 0.493 e. The number of esters is 1. The maximum Gasteiger partial charge on any atom is 0.336 e. The first-order valence-corrected chi connectivity index (χ1v) is 11.7. The molecule has 35 heavy (non-hydrogen) atoms. The minimum absolute atomic E-state index is 0.00262. The summed E-state index contributed by atoms with van der Waals surface area (Å²) in [6.45, 7) is 2.24. The molecule has 1 aliphatic heterocycles. The Labute approximate surface area is 205 Å². The van der Waals surface area contributed by atoms with Crippen LogP contribution in [-0.2, 0) is 19.1 Å². The summed E-state index contributed by atoms with van der Waals surface area (Å²) in [5, 5.41) is 3.37. The molecule has 1 N–H and O–H groups in total. The van der Waals surface area contributed by atoms with Gasteiger partial charge in [-0.15, -0.1) is 0 Å². The van der Waals surface area contributed by atoms with Gasteiger partial charge in [0.25, 0.3) is 0 Å². The van der Waals surface area contributed by atoms with Gasteiger partial charge in [0.2, 0.25) is 0 Å². The van der Waals surface area contributed by atoms with Gasteiger partial charge in [0.05, 0.1) is 32.3 Å². The predicted octanol–water partition coefficient (Wildman–Crippen LogP) is 4.26. The molecule has 2 aromatic carbocycles. The number of ether oxygens (including phenoxy) is 4. The first-order chi connectivity index (χ1) is 17.0. The number of Topliss-reactive ketones (excluding diaryl/α,β-unsaturated/α-hetero) is 1. The Bertz CT molecular complexity index is 1170. The molecule has 2 aromatic rings. The van der Waals surface area contributed by atoms with Crippen molar-refractivity contribution in [3.05, 3.63) is 82.2 Å². The number of nitrogens with one attached hydrogen (secondary N) is 1. The lowest BCUT2D eigenvalue weighted by Crippen LogP contribution is -2.36. The Morgan fingerprint density at radius 3 is 2.43 bits per heavy atom. The number of hydrogen-bond acceptors (Lipinski definition) is 7. The monoisotopic (exact) mass is 477 g/mol. The third-order valence-electron chi connectivity index (χ3n) is 6.58. The molecule has 0 bridgehead atoms. The summed E-state index contributed by atoms with van der Waals surface area (Å²) in [6, 6.07) is 15.5. The molecule has 1 heterocycles. The molecule has 0 aromatic heterocycles. The van der Waals surface area contributed by atoms with Gasteiger partial charge in [0.15, 0.2) is 17.3 Å². The van der Waals surface area contributed by atoms with Crippen molar-refractivity contribution in [2.75, 3.05) is 34.5 Å². The lowest BCUT2D eigenvalue weighted by Gasteiger charge is -2.37. The highest BCUT2D eigenvalue weighted by molar-refractivity contribution is 6.04. The molecule has 0 fully saturated rings. The summed E-state index contributed by atoms with van der Waals surface area (Å²) in [6.07, 6.45) is 1.02. The molecule has 2 aliphatic rings. The molecular weight excluding hydrogens is 446 g/mol. The van der Waals surface area contributed by atoms with Crippen LogP contribution in [0, 0.1) is 0 Å². The molecular formula is C28H31NO6. The average molecular weight is 478 g/mol. The fourth-order valence-electron chi connectivity index (χ4n) is 5.02. The van der Waals surface area contributed by atoms with E-state index in [2.05, 4.69) is 17.4 Å². The van der Waals surface area contributed by atoms with Crippen LogP contribution in [0.1, 0.15) is 42.7 Å². The molecule has 0 radical (unpaired) electrons. The van der Waals surface area contributed by atoms with Gasteiger partial charge in [-0.25, -0.2) is 4.79 Å². The van der Waals surface area contributed by atoms with Crippen LogP contribution in [0.5, 0.6) is 11.5 Å². The zero-order valence-corrected chi connectivity index (χ0v) is 20.6. The predicted molar refractivity (Wildman–Crippen MR) is 131 cm³/mol. The van der Waals surface area contributed by atoms with Gasteiger partial charge in [-0.05, 0) is 30.9 Å². The second-order valence-corrected chi connectivity index (χ2v) is 8.64. The van der Waals surface area contributed by atoms with E-state index in [1.54, 1.807) is 27.4 Å². The smallest absolute Gasteiger partial charge is 0.336 e. The van der Waals surface area contributed by atoms with Crippen LogP contribution in [-0.4, -0.2) is 46.3 Å². The van der Waals surface area contributed by atoms with E-state index in [-0.39, 0.29) is 24.9 Å². The molecule has 0 unspecified atom stereocenters. The van der Waals surface area contributed by atoms with Gasteiger partial charge < -0.3 is 24.3 Å². The lowest BCUT2D eigenvalue weighted by molar-refractivity contribution is -0.140. The summed E-state index contributed by atoms with van der Waals surface area (Å²) >= 11 is 0. The fraction of sp³-hybridized carbons (Fsp3) is 0.357. The Morgan fingerprint density at radius 2 is 1.74 bits per heavy atom. The van der Waals surface area contributed by atoms with E-state index in [0.717, 1.165) is 11.3 Å². The van der Waals surface area contributed by atoms with Crippen molar-refractivity contribution in [1.29, 1.82) is 0 Å². The van der Waals surface area contributed by atoms with Crippen LogP contribution in [0.15, 0.2) is 71.1 Å². The van der Waals surface area contributed by atoms with E-state index in [1.807, 2.05) is 37.3 Å². The number of hydrogen-bond donors (Lipinski definition) is 1. The van der Waals surface area contributed by atoms with Crippen LogP contribution in [0.2, 0.25) is 0 Å². The molecule has 7 heteroatoms. The molecule has 0 saturated carbocycles. The SMILES string of the molecule is COCCOC(=O)C1=C(C)NC2=C(C(=O)C[C@@H](c3ccccc3)C2)[C@H]1c1cccc(OC)c1OC. The standard InChI is InChI=1S/C28H31NO6/c1-17-24(28(31)35-14-13-32-2)25(20-11-8-12-23(33-3)27(20)34-4)26-21(29-17)15-19(16-22(26)30)18-9-6-5-7-10-18/h5-12,19,25,29H,13-16H2,1-4H3/t19-,25-/m0/s1. The number of carbonyl (C=O) groups excluding carboxylic acids is 2. The van der Waals surface area contributed by atoms with Crippen LogP contribution in [0.25, 0.3) is 0 Å². The van der Waals surface area contributed by atoms with Crippen molar-refractivity contribution in [3.8, 4) is 11.5 Å². The Morgan fingerprint density at radius 1 is 0.971 bits per heavy atom. The number of dihydropyridines is 1. The number of benzene rings is 2. The van der Waals surface area contributed by atoms with E-state index in [1.165, 1.54) is 0 Å². The maximum absolute atomic E-state index is 13.7. The topological polar surface area (TPSA) is 83.1 Å². The van der Waals surface area contributed by atoms with Crippen molar-refractivity contribution in [1.82, 2.24) is 5.32 Å². The van der Waals surface area contributed by atoms with Crippen LogP contribution in [0.4, 0.5) is 0 Å². The molecule has 2 atom stereocenters. The molecule has 0 saturated heterocycles. The van der Waals surface area contributed by atoms with Crippen LogP contribution < -0.4 is 14.8 Å². The maximum atomic E-state index is 13.7. The van der Waals surface area contributed by atoms with Gasteiger partial charge in [0, 0.05) is 36.1 Å². The highest BCUT2D eigenvalue weighted by atomic mass is 16.6. The summed E-state index contributed by atoms with van der Waals surface area (Å²) in [5.74, 6) is -0.0624. The first-order valence-electron chi connectivity index (χ1n) is 11.7. The van der Waals surface area contributed by atoms with Gasteiger partial charge in [-0.1, -0.05) is 42.5 Å². The van der Waals surface area contributed by atoms with Crippen molar-refractivity contribution in [3.63, 3.8) is 0 Å². The van der Waals surface area contributed by atoms with Crippen molar-refractivity contribution < 1.29 is 28.5 Å². The van der Waals surface area contributed by atoms with Gasteiger partial charge in [0.1, 0.15) is 6.61 Å². The number of ketones is 1. The summed E-state index contributed by atoms with van der Waals surface area (Å²) in [7, 11) is 4.66. The van der Waals surface area contributed by atoms with Gasteiger partial charge >= 0.3 is 5.97 Å². The lowest BCUT2D eigenvalue weighted by atomic mass is 9.71. The van der Waals surface area contributed by atoms with Crippen LogP contribution in [0.3, 0.4) is 0 Å². The molecule has 4 rings (SSSR count). The Balaban J connectivity index is 1.83. The number of rotatable bonds is 8. The van der Waals surface area contributed by atoms with Gasteiger partial charge in [-0.2, -0.15) is 0 Å². The highest BCUT2D eigenvalue weighted by Gasteiger charge is 2.42. The molecule has 1 aliphatic carbocycles. The Hall–Kier alpha value is -3.58. The molecule has 0 amide bonds. The van der Waals surface area contributed by atoms with E-state index in [9.17, 15) is 9.59 Å². The van der Waals surface area contributed by atoms with E-state index < -0.39 is 11.9 Å². The average Bonchev–Trinajstić information content (AvgIpc) is 2.87. The van der Waals surface area contributed by atoms with Crippen LogP contribution >= 0.6 is 0 Å². The Kier molecular flexibility index (Phi) is 7.56. The molecule has 7 nitrogen and oxygen atoms in total. The molecule has 184 valence electrons. The number of methoxy groups -OCH3 is 3. The number of para-hydroxylation sites is 1. The summed E-state index contributed by atoms with van der Waals surface area (Å²) in [5.41, 5.74) is 4.26. The summed E-state index contributed by atoms with van der Waals surface area (Å²) in [4.78, 5) is 27.0. The van der Waals surface area contributed by atoms with E-state index >= 15 is 0 Å². The second kappa shape index (κ2) is 10.8. The normalized spacial score (nSPS) is 19.7. The zero-order chi connectivity index (χ0) is 24.9. The van der Waals surface area contributed by atoms with Crippen molar-refractivity contribution >= 4 is 11.8 Å². The quantitative estimate of drug-likeness (QED) is 0.449. The highest BCUT2D eigenvalue weighted by Crippen LogP contribution is 2.49. The third kappa shape index (κ3) is 4.82. The number of carbonyl (C=O) groups is 2. The van der Waals surface area contributed by atoms with Crippen molar-refractivity contribution in [2.24, 2.45) is 0 Å². The minimum Gasteiger partial charge on any atom is -0.493 e. The van der Waals surface area contributed by atoms with E-state index in [4.69, 9.17) is 18.9 Å². The van der Waals surface area contributed by atoms with E-state index in [0.29, 0.717) is 46.7 Å². The fourth-order valence-corrected chi connectivity index (χ4v) is 5.02. The second-order valence-electron chi connectivity index (χ2n) is 8.64. The van der Waals surface area contributed by atoms with Gasteiger partial charge in [-0.3, -0.25) is 4.79 Å². The van der Waals surface area contributed by atoms with Crippen molar-refractivity contribution in [2.45, 2.75) is 31.6 Å². The first kappa shape index (κ1) is 24.5. The third-order valence-corrected chi connectivity index (χ3v) is 6.58. The number of allylic oxidation sites excluding steroid dienone is 3.